The normalized spacial score (nSPS) is 11.7. The zero-order valence-electron chi connectivity index (χ0n) is 12.7. The van der Waals surface area contributed by atoms with Crippen LogP contribution in [0.25, 0.3) is 21.5 Å². The van der Waals surface area contributed by atoms with Crippen LogP contribution in [-0.4, -0.2) is 12.6 Å². The van der Waals surface area contributed by atoms with E-state index in [1.165, 1.54) is 0 Å². The Hall–Kier alpha value is -3.12. The third-order valence-electron chi connectivity index (χ3n) is 3.77. The first-order valence-electron chi connectivity index (χ1n) is 7.37. The van der Waals surface area contributed by atoms with Crippen molar-refractivity contribution in [3.05, 3.63) is 88.9 Å². The van der Waals surface area contributed by atoms with E-state index in [1.54, 1.807) is 12.2 Å². The Labute approximate surface area is 135 Å². The number of nitrogens with zero attached hydrogens (tertiary/aromatic N) is 1. The van der Waals surface area contributed by atoms with Crippen molar-refractivity contribution in [3.8, 4) is 11.1 Å². The molecule has 0 N–H and O–H groups in total. The van der Waals surface area contributed by atoms with Crippen LogP contribution in [-0.2, 0) is 9.53 Å². The van der Waals surface area contributed by atoms with Gasteiger partial charge in [-0.3, -0.25) is 4.79 Å². The number of hydrogen-bond acceptors (Lipinski definition) is 2. The first kappa shape index (κ1) is 14.8. The lowest BCUT2D eigenvalue weighted by Gasteiger charge is -2.07. The molecule has 0 fully saturated rings. The minimum atomic E-state index is -0.584. The summed E-state index contributed by atoms with van der Waals surface area (Å²) in [6.07, 6.45) is 3.54. The molecule has 0 bridgehead atoms. The zero-order valence-corrected chi connectivity index (χ0v) is 12.7. The summed E-state index contributed by atoms with van der Waals surface area (Å²) >= 11 is 0. The fraction of sp³-hybridized carbons (Fsp3) is 0.100. The van der Waals surface area contributed by atoms with E-state index in [1.807, 2.05) is 55.5 Å². The number of esters is 1. The molecule has 0 saturated heterocycles. The molecule has 112 valence electrons. The average molecular weight is 301 g/mol. The Morgan fingerprint density at radius 3 is 2.04 bits per heavy atom. The van der Waals surface area contributed by atoms with Gasteiger partial charge in [-0.15, -0.1) is 0 Å². The smallest absolute Gasteiger partial charge is 0.337 e. The number of hydrogen-bond donors (Lipinski definition) is 0. The van der Waals surface area contributed by atoms with Crippen molar-refractivity contribution in [1.82, 2.24) is 0 Å². The second-order valence-corrected chi connectivity index (χ2v) is 5.09. The number of fused-ring (bicyclic) bond motifs is 3. The average Bonchev–Trinajstić information content (AvgIpc) is 2.91. The standard InChI is InChI=1S/C20H15NO2/c1-3-4-13-23-20(22)19(21-2)18-16-11-7-5-9-14(16)15-10-6-8-12-17(15)18/h3-12H,13H2,1H3/b4-3+. The molecule has 0 unspecified atom stereocenters. The van der Waals surface area contributed by atoms with Gasteiger partial charge in [0.25, 0.3) is 5.70 Å². The molecule has 3 nitrogen and oxygen atoms in total. The number of ether oxygens (including phenoxy) is 1. The summed E-state index contributed by atoms with van der Waals surface area (Å²) in [4.78, 5) is 15.8. The summed E-state index contributed by atoms with van der Waals surface area (Å²) in [7, 11) is 0. The van der Waals surface area contributed by atoms with Crippen LogP contribution in [0.4, 0.5) is 0 Å². The van der Waals surface area contributed by atoms with Gasteiger partial charge in [-0.1, -0.05) is 60.7 Å². The first-order valence-corrected chi connectivity index (χ1v) is 7.37. The minimum absolute atomic E-state index is 0.0342. The molecule has 3 rings (SSSR count). The van der Waals surface area contributed by atoms with Crippen LogP contribution >= 0.6 is 0 Å². The van der Waals surface area contributed by atoms with E-state index in [0.717, 1.165) is 22.3 Å². The van der Waals surface area contributed by atoms with Crippen molar-refractivity contribution in [1.29, 1.82) is 0 Å². The van der Waals surface area contributed by atoms with Gasteiger partial charge >= 0.3 is 5.97 Å². The van der Waals surface area contributed by atoms with E-state index in [0.29, 0.717) is 5.57 Å². The second-order valence-electron chi connectivity index (χ2n) is 5.09. The van der Waals surface area contributed by atoms with Crippen LogP contribution in [0.3, 0.4) is 0 Å². The maximum absolute atomic E-state index is 12.3. The summed E-state index contributed by atoms with van der Waals surface area (Å²) in [6.45, 7) is 9.49. The van der Waals surface area contributed by atoms with Crippen molar-refractivity contribution >= 4 is 11.5 Å². The van der Waals surface area contributed by atoms with Gasteiger partial charge in [-0.25, -0.2) is 4.85 Å². The monoisotopic (exact) mass is 301 g/mol. The van der Waals surface area contributed by atoms with Crippen molar-refractivity contribution in [2.24, 2.45) is 0 Å². The highest BCUT2D eigenvalue weighted by Gasteiger charge is 2.28. The lowest BCUT2D eigenvalue weighted by Crippen LogP contribution is -2.08. The van der Waals surface area contributed by atoms with Crippen LogP contribution in [0.15, 0.2) is 66.4 Å². The molecule has 1 aliphatic rings. The zero-order chi connectivity index (χ0) is 16.2. The number of rotatable bonds is 3. The van der Waals surface area contributed by atoms with Gasteiger partial charge in [0.2, 0.25) is 0 Å². The number of carbonyl (C=O) groups is 1. The summed E-state index contributed by atoms with van der Waals surface area (Å²) in [6, 6.07) is 15.6. The molecule has 3 heteroatoms. The van der Waals surface area contributed by atoms with Crippen molar-refractivity contribution in [2.75, 3.05) is 6.61 Å². The Balaban J connectivity index is 2.17. The quantitative estimate of drug-likeness (QED) is 0.309. The third-order valence-corrected chi connectivity index (χ3v) is 3.77. The largest absolute Gasteiger partial charge is 0.466 e. The van der Waals surface area contributed by atoms with Crippen molar-refractivity contribution in [2.45, 2.75) is 6.92 Å². The predicted molar refractivity (Wildman–Crippen MR) is 90.3 cm³/mol. The number of benzene rings is 2. The van der Waals surface area contributed by atoms with Gasteiger partial charge in [-0.2, -0.15) is 0 Å². The molecule has 1 aliphatic carbocycles. The molecule has 23 heavy (non-hydrogen) atoms. The fourth-order valence-electron chi connectivity index (χ4n) is 2.76. The molecule has 0 radical (unpaired) electrons. The van der Waals surface area contributed by atoms with Gasteiger partial charge in [0.15, 0.2) is 0 Å². The maximum atomic E-state index is 12.3. The van der Waals surface area contributed by atoms with E-state index in [-0.39, 0.29) is 12.3 Å². The SMILES string of the molecule is [C-]#[N+]C(C(=O)OC/C=C/C)=C1c2ccccc2-c2ccccc21. The number of allylic oxidation sites excluding steroid dienone is 1. The molecule has 0 aliphatic heterocycles. The van der Waals surface area contributed by atoms with E-state index >= 15 is 0 Å². The summed E-state index contributed by atoms with van der Waals surface area (Å²) in [5, 5.41) is 0. The molecular weight excluding hydrogens is 286 g/mol. The molecule has 0 aromatic heterocycles. The highest BCUT2D eigenvalue weighted by atomic mass is 16.5. The number of carbonyl (C=O) groups excluding carboxylic acids is 1. The predicted octanol–water partition coefficient (Wildman–Crippen LogP) is 4.46. The minimum Gasteiger partial charge on any atom is -0.466 e. The van der Waals surface area contributed by atoms with Crippen LogP contribution in [0.5, 0.6) is 0 Å². The van der Waals surface area contributed by atoms with Gasteiger partial charge in [0.05, 0.1) is 6.57 Å². The van der Waals surface area contributed by atoms with Crippen LogP contribution in [0.2, 0.25) is 0 Å². The Morgan fingerprint density at radius 2 is 1.57 bits per heavy atom. The Kier molecular flexibility index (Phi) is 4.07. The van der Waals surface area contributed by atoms with Gasteiger partial charge in [-0.05, 0) is 29.2 Å². The van der Waals surface area contributed by atoms with Gasteiger partial charge in [0, 0.05) is 5.57 Å². The third kappa shape index (κ3) is 2.56. The highest BCUT2D eigenvalue weighted by molar-refractivity contribution is 6.11. The van der Waals surface area contributed by atoms with Crippen molar-refractivity contribution < 1.29 is 9.53 Å². The summed E-state index contributed by atoms with van der Waals surface area (Å²) in [5.41, 5.74) is 4.59. The summed E-state index contributed by atoms with van der Waals surface area (Å²) < 4.78 is 5.18. The van der Waals surface area contributed by atoms with E-state index in [9.17, 15) is 4.79 Å². The van der Waals surface area contributed by atoms with E-state index < -0.39 is 5.97 Å². The van der Waals surface area contributed by atoms with Crippen LogP contribution < -0.4 is 0 Å². The maximum Gasteiger partial charge on any atom is 0.337 e. The molecule has 2 aromatic rings. The lowest BCUT2D eigenvalue weighted by molar-refractivity contribution is -0.137. The topological polar surface area (TPSA) is 30.7 Å². The molecular formula is C20H15NO2. The van der Waals surface area contributed by atoms with Crippen molar-refractivity contribution in [3.63, 3.8) is 0 Å². The highest BCUT2D eigenvalue weighted by Crippen LogP contribution is 2.45. The van der Waals surface area contributed by atoms with E-state index in [4.69, 9.17) is 11.3 Å². The molecule has 0 atom stereocenters. The second kappa shape index (κ2) is 6.33. The molecule has 0 saturated carbocycles. The molecule has 2 aromatic carbocycles. The first-order chi connectivity index (χ1) is 11.3. The van der Waals surface area contributed by atoms with E-state index in [2.05, 4.69) is 4.85 Å². The summed E-state index contributed by atoms with van der Waals surface area (Å²) in [5.74, 6) is -0.584. The van der Waals surface area contributed by atoms with Crippen LogP contribution in [0, 0.1) is 6.57 Å². The molecule has 0 amide bonds. The molecule has 0 spiro atoms. The molecule has 0 heterocycles. The lowest BCUT2D eigenvalue weighted by atomic mass is 10.0. The van der Waals surface area contributed by atoms with Crippen LogP contribution in [0.1, 0.15) is 18.1 Å². The Bertz CT molecular complexity index is 822. The Morgan fingerprint density at radius 1 is 1.04 bits per heavy atom. The van der Waals surface area contributed by atoms with Gasteiger partial charge in [0.1, 0.15) is 6.61 Å². The fourth-order valence-corrected chi connectivity index (χ4v) is 2.76. The van der Waals surface area contributed by atoms with Gasteiger partial charge < -0.3 is 4.74 Å².